The normalized spacial score (nSPS) is 10.8. The highest BCUT2D eigenvalue weighted by Crippen LogP contribution is 2.52. The van der Waals surface area contributed by atoms with E-state index in [9.17, 15) is 0 Å². The average molecular weight is 819 g/mol. The average Bonchev–Trinajstić information content (AvgIpc) is 3.33. The molecule has 0 aliphatic carbocycles. The number of hydrogen-bond donors (Lipinski definition) is 0. The lowest BCUT2D eigenvalue weighted by Crippen LogP contribution is -2.08. The smallest absolute Gasteiger partial charge is 0.168 e. The first-order valence-corrected chi connectivity index (χ1v) is 20.9. The topological polar surface area (TPSA) is 55.4 Å². The highest BCUT2D eigenvalue weighted by molar-refractivity contribution is 5.84. The third-order valence-electron chi connectivity index (χ3n) is 10.5. The van der Waals surface area contributed by atoms with Crippen LogP contribution in [0.5, 0.6) is 34.5 Å². The lowest BCUT2D eigenvalue weighted by molar-refractivity contribution is 0.248. The fraction of sp³-hybridized carbons (Fsp3) is 0.143. The van der Waals surface area contributed by atoms with Crippen molar-refractivity contribution in [1.82, 2.24) is 0 Å². The van der Waals surface area contributed by atoms with Gasteiger partial charge >= 0.3 is 0 Å². The molecular formula is C56H50O6. The molecule has 0 amide bonds. The molecule has 0 atom stereocenters. The van der Waals surface area contributed by atoms with E-state index in [1.807, 2.05) is 135 Å². The van der Waals surface area contributed by atoms with Crippen LogP contribution >= 0.6 is 0 Å². The van der Waals surface area contributed by atoms with Gasteiger partial charge in [-0.1, -0.05) is 182 Å². The SMILES string of the molecule is Cc1c(OCc2ccccc2)c(OCc2ccccc2)cc(-c2cc(OCc3ccccc3)c(OCc3ccccc3)c(C)c2OCc2ccccc2)c1OCc1ccccc1. The summed E-state index contributed by atoms with van der Waals surface area (Å²) in [7, 11) is 0. The van der Waals surface area contributed by atoms with Crippen LogP contribution in [0.25, 0.3) is 11.1 Å². The van der Waals surface area contributed by atoms with Gasteiger partial charge in [-0.05, 0) is 59.4 Å². The van der Waals surface area contributed by atoms with E-state index in [0.717, 1.165) is 55.6 Å². The maximum absolute atomic E-state index is 6.92. The highest BCUT2D eigenvalue weighted by Gasteiger charge is 2.27. The van der Waals surface area contributed by atoms with Crippen molar-refractivity contribution in [2.75, 3.05) is 0 Å². The lowest BCUT2D eigenvalue weighted by atomic mass is 9.96. The zero-order valence-electron chi connectivity index (χ0n) is 35.2. The minimum atomic E-state index is 0.325. The Morgan fingerprint density at radius 2 is 0.468 bits per heavy atom. The number of hydrogen-bond acceptors (Lipinski definition) is 6. The van der Waals surface area contributed by atoms with Gasteiger partial charge in [0.15, 0.2) is 23.0 Å². The lowest BCUT2D eigenvalue weighted by Gasteiger charge is -2.25. The van der Waals surface area contributed by atoms with Crippen molar-refractivity contribution in [2.45, 2.75) is 53.5 Å². The van der Waals surface area contributed by atoms with Gasteiger partial charge in [-0.25, -0.2) is 0 Å². The monoisotopic (exact) mass is 818 g/mol. The predicted molar refractivity (Wildman–Crippen MR) is 246 cm³/mol. The van der Waals surface area contributed by atoms with Crippen LogP contribution in [0.1, 0.15) is 44.5 Å². The van der Waals surface area contributed by atoms with Gasteiger partial charge in [0.1, 0.15) is 51.1 Å². The third kappa shape index (κ3) is 10.6. The van der Waals surface area contributed by atoms with E-state index in [4.69, 9.17) is 28.4 Å². The van der Waals surface area contributed by atoms with Crippen LogP contribution < -0.4 is 28.4 Å². The number of rotatable bonds is 19. The minimum Gasteiger partial charge on any atom is -0.488 e. The zero-order chi connectivity index (χ0) is 42.4. The zero-order valence-corrected chi connectivity index (χ0v) is 35.2. The second kappa shape index (κ2) is 20.7. The first-order chi connectivity index (χ1) is 30.6. The second-order valence-electron chi connectivity index (χ2n) is 15.1. The molecule has 0 spiro atoms. The minimum absolute atomic E-state index is 0.325. The van der Waals surface area contributed by atoms with Gasteiger partial charge in [0, 0.05) is 22.3 Å². The Labute approximate surface area is 364 Å². The largest absolute Gasteiger partial charge is 0.488 e. The van der Waals surface area contributed by atoms with E-state index in [1.54, 1.807) is 0 Å². The maximum atomic E-state index is 6.92. The molecule has 0 aliphatic heterocycles. The molecule has 0 saturated carbocycles. The molecule has 8 aromatic carbocycles. The van der Waals surface area contributed by atoms with Crippen molar-refractivity contribution in [1.29, 1.82) is 0 Å². The molecule has 0 aromatic heterocycles. The van der Waals surface area contributed by atoms with E-state index in [1.165, 1.54) is 0 Å². The van der Waals surface area contributed by atoms with Crippen LogP contribution in [0.2, 0.25) is 0 Å². The standard InChI is InChI=1S/C56H50O6/c1-41-53(59-37-45-25-13-5-14-26-45)49(33-51(57-35-43-21-9-3-10-22-43)55(41)61-39-47-29-17-7-18-30-47)50-34-52(58-36-44-23-11-4-12-24-44)56(62-40-48-31-19-8-20-32-48)42(2)54(50)60-38-46-27-15-6-16-28-46/h3-34H,35-40H2,1-2H3. The molecule has 6 heteroatoms. The van der Waals surface area contributed by atoms with Crippen LogP contribution in [-0.4, -0.2) is 0 Å². The summed E-state index contributed by atoms with van der Waals surface area (Å²) in [6, 6.07) is 64.9. The van der Waals surface area contributed by atoms with Gasteiger partial charge in [-0.15, -0.1) is 0 Å². The summed E-state index contributed by atoms with van der Waals surface area (Å²) in [6.45, 7) is 6.06. The Bertz CT molecular complexity index is 2430. The van der Waals surface area contributed by atoms with Gasteiger partial charge in [-0.3, -0.25) is 0 Å². The Balaban J connectivity index is 1.31. The van der Waals surface area contributed by atoms with E-state index >= 15 is 0 Å². The fourth-order valence-electron chi connectivity index (χ4n) is 7.24. The number of ether oxygens (including phenoxy) is 6. The molecule has 0 saturated heterocycles. The molecule has 0 aliphatic rings. The summed E-state index contributed by atoms with van der Waals surface area (Å²) >= 11 is 0. The fourth-order valence-corrected chi connectivity index (χ4v) is 7.24. The van der Waals surface area contributed by atoms with Crippen molar-refractivity contribution >= 4 is 0 Å². The Kier molecular flexibility index (Phi) is 13.8. The van der Waals surface area contributed by atoms with Gasteiger partial charge in [0.25, 0.3) is 0 Å². The summed E-state index contributed by atoms with van der Waals surface area (Å²) in [6.07, 6.45) is 0. The third-order valence-corrected chi connectivity index (χ3v) is 10.5. The van der Waals surface area contributed by atoms with Crippen molar-refractivity contribution in [3.63, 3.8) is 0 Å². The summed E-state index contributed by atoms with van der Waals surface area (Å²) in [4.78, 5) is 0. The van der Waals surface area contributed by atoms with Crippen molar-refractivity contribution in [2.24, 2.45) is 0 Å². The van der Waals surface area contributed by atoms with Gasteiger partial charge in [0.2, 0.25) is 0 Å². The Morgan fingerprint density at radius 3 is 0.710 bits per heavy atom. The van der Waals surface area contributed by atoms with Crippen molar-refractivity contribution in [3.8, 4) is 45.6 Å². The first kappa shape index (κ1) is 41.3. The molecule has 0 N–H and O–H groups in total. The summed E-state index contributed by atoms with van der Waals surface area (Å²) in [5, 5.41) is 0. The highest BCUT2D eigenvalue weighted by atomic mass is 16.5. The summed E-state index contributed by atoms with van der Waals surface area (Å²) in [5.41, 5.74) is 9.31. The van der Waals surface area contributed by atoms with E-state index in [2.05, 4.69) is 72.8 Å². The molecule has 0 bridgehead atoms. The van der Waals surface area contributed by atoms with E-state index < -0.39 is 0 Å². The van der Waals surface area contributed by atoms with Crippen LogP contribution in [-0.2, 0) is 39.6 Å². The molecular weight excluding hydrogens is 769 g/mol. The summed E-state index contributed by atoms with van der Waals surface area (Å²) < 4.78 is 40.7. The van der Waals surface area contributed by atoms with Crippen LogP contribution in [0.3, 0.4) is 0 Å². The van der Waals surface area contributed by atoms with Crippen LogP contribution in [0.4, 0.5) is 0 Å². The maximum Gasteiger partial charge on any atom is 0.168 e. The molecule has 0 unspecified atom stereocenters. The molecule has 0 fully saturated rings. The van der Waals surface area contributed by atoms with Gasteiger partial charge < -0.3 is 28.4 Å². The second-order valence-corrected chi connectivity index (χ2v) is 15.1. The predicted octanol–water partition coefficient (Wildman–Crippen LogP) is 13.4. The van der Waals surface area contributed by atoms with Crippen LogP contribution in [0.15, 0.2) is 194 Å². The Morgan fingerprint density at radius 1 is 0.258 bits per heavy atom. The van der Waals surface area contributed by atoms with Crippen LogP contribution in [0, 0.1) is 13.8 Å². The molecule has 8 rings (SSSR count). The molecule has 310 valence electrons. The molecule has 0 heterocycles. The quantitative estimate of drug-likeness (QED) is 0.0810. The molecule has 0 radical (unpaired) electrons. The Hall–Kier alpha value is -7.44. The summed E-state index contributed by atoms with van der Waals surface area (Å²) in [5.74, 6) is 3.63. The van der Waals surface area contributed by atoms with E-state index in [-0.39, 0.29) is 0 Å². The van der Waals surface area contributed by atoms with Gasteiger partial charge in [-0.2, -0.15) is 0 Å². The van der Waals surface area contributed by atoms with Gasteiger partial charge in [0.05, 0.1) is 0 Å². The molecule has 6 nitrogen and oxygen atoms in total. The molecule has 62 heavy (non-hydrogen) atoms. The molecule has 8 aromatic rings. The number of benzene rings is 8. The van der Waals surface area contributed by atoms with E-state index in [0.29, 0.717) is 74.1 Å². The van der Waals surface area contributed by atoms with Crippen molar-refractivity contribution in [3.05, 3.63) is 239 Å². The van der Waals surface area contributed by atoms with Crippen molar-refractivity contribution < 1.29 is 28.4 Å². The first-order valence-electron chi connectivity index (χ1n) is 20.9.